The van der Waals surface area contributed by atoms with Gasteiger partial charge >= 0.3 is 0 Å². The molecule has 0 spiro atoms. The quantitative estimate of drug-likeness (QED) is 0.199. The Kier molecular flexibility index (Phi) is 5.97. The van der Waals surface area contributed by atoms with Crippen LogP contribution in [0.15, 0.2) is 174 Å². The van der Waals surface area contributed by atoms with E-state index in [9.17, 15) is 0 Å². The van der Waals surface area contributed by atoms with Crippen LogP contribution in [0.5, 0.6) is 0 Å². The lowest BCUT2D eigenvalue weighted by Crippen LogP contribution is -2.22. The van der Waals surface area contributed by atoms with Crippen LogP contribution in [0.3, 0.4) is 0 Å². The molecule has 0 bridgehead atoms. The molecule has 0 fully saturated rings. The summed E-state index contributed by atoms with van der Waals surface area (Å²) in [5.74, 6) is 0. The van der Waals surface area contributed by atoms with E-state index in [0.717, 1.165) is 33.6 Å². The van der Waals surface area contributed by atoms with Crippen LogP contribution in [0, 0.1) is 0 Å². The Bertz CT molecular complexity index is 2320. The molecular weight excluding hydrogens is 558 g/mol. The van der Waals surface area contributed by atoms with Gasteiger partial charge < -0.3 is 9.32 Å². The van der Waals surface area contributed by atoms with Crippen molar-refractivity contribution < 1.29 is 4.42 Å². The molecule has 2 nitrogen and oxygen atoms in total. The highest BCUT2D eigenvalue weighted by molar-refractivity contribution is 6.09. The van der Waals surface area contributed by atoms with Crippen LogP contribution in [0.4, 0.5) is 17.1 Å². The van der Waals surface area contributed by atoms with E-state index in [4.69, 9.17) is 4.42 Å². The first-order chi connectivity index (χ1) is 22.7. The molecule has 1 aliphatic rings. The molecule has 9 rings (SSSR count). The van der Waals surface area contributed by atoms with E-state index < -0.39 is 0 Å². The monoisotopic (exact) mass is 589 g/mol. The van der Waals surface area contributed by atoms with E-state index in [0.29, 0.717) is 0 Å². The first-order valence-electron chi connectivity index (χ1n) is 15.9. The maximum atomic E-state index is 6.57. The number of hydrogen-bond acceptors (Lipinski definition) is 2. The van der Waals surface area contributed by atoms with Crippen molar-refractivity contribution in [2.75, 3.05) is 4.90 Å². The number of rotatable bonds is 5. The third kappa shape index (κ3) is 3.97. The molecule has 0 atom stereocenters. The zero-order valence-electron chi connectivity index (χ0n) is 25.5. The van der Waals surface area contributed by atoms with Crippen LogP contribution in [0.2, 0.25) is 0 Å². The van der Waals surface area contributed by atoms with Crippen LogP contribution in [0.1, 0.15) is 23.6 Å². The highest BCUT2D eigenvalue weighted by atomic mass is 16.3. The highest BCUT2D eigenvalue weighted by Crippen LogP contribution is 2.54. The Morgan fingerprint density at radius 1 is 0.435 bits per heavy atom. The van der Waals surface area contributed by atoms with E-state index in [-0.39, 0.29) is 5.41 Å². The zero-order valence-corrected chi connectivity index (χ0v) is 25.5. The van der Waals surface area contributed by atoms with Gasteiger partial charge in [0.15, 0.2) is 0 Å². The molecule has 0 radical (unpaired) electrons. The summed E-state index contributed by atoms with van der Waals surface area (Å²) in [5.41, 5.74) is 13.7. The maximum Gasteiger partial charge on any atom is 0.135 e. The van der Waals surface area contributed by atoms with Crippen LogP contribution in [-0.4, -0.2) is 0 Å². The van der Waals surface area contributed by atoms with E-state index in [1.54, 1.807) is 0 Å². The maximum absolute atomic E-state index is 6.57. The smallest absolute Gasteiger partial charge is 0.135 e. The molecule has 0 aliphatic heterocycles. The normalized spacial score (nSPS) is 13.1. The van der Waals surface area contributed by atoms with E-state index >= 15 is 0 Å². The molecule has 7 aromatic carbocycles. The molecule has 1 aliphatic carbocycles. The van der Waals surface area contributed by atoms with Crippen molar-refractivity contribution in [2.24, 2.45) is 0 Å². The standard InChI is InChI=1S/C44H31NO/c1-44(38-19-10-8-17-35(38)36-18-9-11-20-39(36)44)40-21-12-22-42-43(40)37-29-34(27-28-41(37)46-42)45(32-15-6-3-7-16-32)33-25-23-31(24-26-33)30-13-4-2-5-14-30/h2-29H,1H3. The van der Waals surface area contributed by atoms with Gasteiger partial charge in [-0.3, -0.25) is 0 Å². The third-order valence-corrected chi connectivity index (χ3v) is 9.74. The SMILES string of the molecule is CC1(c2cccc3oc4ccc(N(c5ccccc5)c5ccc(-c6ccccc6)cc5)cc4c23)c2ccccc2-c2ccccc21. The average Bonchev–Trinajstić information content (AvgIpc) is 3.63. The van der Waals surface area contributed by atoms with Gasteiger partial charge in [-0.25, -0.2) is 0 Å². The number of furan rings is 1. The fourth-order valence-electron chi connectivity index (χ4n) is 7.57. The number of para-hydroxylation sites is 1. The molecule has 218 valence electrons. The van der Waals surface area contributed by atoms with E-state index in [2.05, 4.69) is 182 Å². The molecule has 46 heavy (non-hydrogen) atoms. The molecule has 0 N–H and O–H groups in total. The number of benzene rings is 7. The second-order valence-corrected chi connectivity index (χ2v) is 12.3. The molecule has 1 heterocycles. The van der Waals surface area contributed by atoms with Gasteiger partial charge in [0.05, 0.1) is 0 Å². The van der Waals surface area contributed by atoms with Crippen molar-refractivity contribution in [3.63, 3.8) is 0 Å². The lowest BCUT2D eigenvalue weighted by molar-refractivity contribution is 0.666. The number of nitrogens with zero attached hydrogens (tertiary/aromatic N) is 1. The summed E-state index contributed by atoms with van der Waals surface area (Å²) >= 11 is 0. The van der Waals surface area contributed by atoms with Gasteiger partial charge in [0.2, 0.25) is 0 Å². The molecule has 0 amide bonds. The number of hydrogen-bond donors (Lipinski definition) is 0. The fraction of sp³-hybridized carbons (Fsp3) is 0.0455. The summed E-state index contributed by atoms with van der Waals surface area (Å²) < 4.78 is 6.57. The summed E-state index contributed by atoms with van der Waals surface area (Å²) in [7, 11) is 0. The molecular formula is C44H31NO. The molecule has 0 saturated carbocycles. The Labute approximate surface area is 268 Å². The van der Waals surface area contributed by atoms with Crippen LogP contribution in [-0.2, 0) is 5.41 Å². The predicted molar refractivity (Wildman–Crippen MR) is 191 cm³/mol. The van der Waals surface area contributed by atoms with E-state index in [1.807, 2.05) is 0 Å². The molecule has 8 aromatic rings. The van der Waals surface area contributed by atoms with Gasteiger partial charge in [-0.2, -0.15) is 0 Å². The summed E-state index contributed by atoms with van der Waals surface area (Å²) in [6.45, 7) is 2.37. The van der Waals surface area contributed by atoms with Crippen molar-refractivity contribution in [1.82, 2.24) is 0 Å². The van der Waals surface area contributed by atoms with Crippen molar-refractivity contribution >= 4 is 39.0 Å². The summed E-state index contributed by atoms with van der Waals surface area (Å²) in [5, 5.41) is 2.29. The van der Waals surface area contributed by atoms with Crippen molar-refractivity contribution in [3.05, 3.63) is 187 Å². The van der Waals surface area contributed by atoms with Crippen molar-refractivity contribution in [1.29, 1.82) is 0 Å². The van der Waals surface area contributed by atoms with E-state index in [1.165, 1.54) is 44.3 Å². The van der Waals surface area contributed by atoms with Crippen LogP contribution in [0.25, 0.3) is 44.2 Å². The average molecular weight is 590 g/mol. The Hall–Kier alpha value is -5.86. The van der Waals surface area contributed by atoms with Crippen LogP contribution >= 0.6 is 0 Å². The minimum absolute atomic E-state index is 0.327. The molecule has 0 saturated heterocycles. The fourth-order valence-corrected chi connectivity index (χ4v) is 7.57. The Balaban J connectivity index is 1.25. The molecule has 0 unspecified atom stereocenters. The third-order valence-electron chi connectivity index (χ3n) is 9.74. The minimum Gasteiger partial charge on any atom is -0.456 e. The second kappa shape index (κ2) is 10.4. The topological polar surface area (TPSA) is 16.4 Å². The van der Waals surface area contributed by atoms with Crippen LogP contribution < -0.4 is 4.90 Å². The van der Waals surface area contributed by atoms with Gasteiger partial charge in [-0.05, 0) is 94.4 Å². The van der Waals surface area contributed by atoms with Gasteiger partial charge in [-0.1, -0.05) is 121 Å². The zero-order chi connectivity index (χ0) is 30.7. The predicted octanol–water partition coefficient (Wildman–Crippen LogP) is 12.1. The largest absolute Gasteiger partial charge is 0.456 e. The Morgan fingerprint density at radius 3 is 1.67 bits per heavy atom. The summed E-state index contributed by atoms with van der Waals surface area (Å²) in [6.07, 6.45) is 0. The minimum atomic E-state index is -0.327. The number of anilines is 3. The van der Waals surface area contributed by atoms with Gasteiger partial charge in [0, 0.05) is 33.2 Å². The van der Waals surface area contributed by atoms with Crippen molar-refractivity contribution in [3.8, 4) is 22.3 Å². The first-order valence-corrected chi connectivity index (χ1v) is 15.9. The van der Waals surface area contributed by atoms with Gasteiger partial charge in [-0.15, -0.1) is 0 Å². The Morgan fingerprint density at radius 2 is 0.978 bits per heavy atom. The number of fused-ring (bicyclic) bond motifs is 6. The molecule has 2 heteroatoms. The van der Waals surface area contributed by atoms with Crippen molar-refractivity contribution in [2.45, 2.75) is 12.3 Å². The first kappa shape index (κ1) is 26.5. The van der Waals surface area contributed by atoms with Gasteiger partial charge in [0.1, 0.15) is 11.2 Å². The summed E-state index contributed by atoms with van der Waals surface area (Å²) in [4.78, 5) is 2.33. The summed E-state index contributed by atoms with van der Waals surface area (Å²) in [6, 6.07) is 60.8. The lowest BCUT2D eigenvalue weighted by Gasteiger charge is -2.29. The second-order valence-electron chi connectivity index (χ2n) is 12.3. The van der Waals surface area contributed by atoms with Gasteiger partial charge in [0.25, 0.3) is 0 Å². The molecule has 1 aromatic heterocycles. The highest BCUT2D eigenvalue weighted by Gasteiger charge is 2.41. The lowest BCUT2D eigenvalue weighted by atomic mass is 9.73.